The van der Waals surface area contributed by atoms with E-state index >= 15 is 0 Å². The minimum absolute atomic E-state index is 0.421. The zero-order valence-corrected chi connectivity index (χ0v) is 11.9. The van der Waals surface area contributed by atoms with Gasteiger partial charge in [-0.15, -0.1) is 0 Å². The Hall–Kier alpha value is -0.610. The third kappa shape index (κ3) is 3.29. The van der Waals surface area contributed by atoms with Crippen LogP contribution < -0.4 is 5.32 Å². The minimum Gasteiger partial charge on any atom is -0.341 e. The van der Waals surface area contributed by atoms with E-state index in [0.29, 0.717) is 17.9 Å². The van der Waals surface area contributed by atoms with E-state index < -0.39 is 0 Å². The number of carbonyl (C=O) groups excluding carboxylic acids is 1. The lowest BCUT2D eigenvalue weighted by atomic mass is 10.0. The molecule has 2 aliphatic heterocycles. The zero-order chi connectivity index (χ0) is 13.1. The summed E-state index contributed by atoms with van der Waals surface area (Å²) in [5.41, 5.74) is 0. The number of hydrogen-bond acceptors (Lipinski definition) is 3. The highest BCUT2D eigenvalue weighted by molar-refractivity contribution is 5.76. The SMILES string of the molecule is O=C(CC1CCCC1)N1CCC(N2CCNCC2)C1. The van der Waals surface area contributed by atoms with Crippen LogP contribution in [0.3, 0.4) is 0 Å². The van der Waals surface area contributed by atoms with Gasteiger partial charge in [0.2, 0.25) is 5.91 Å². The van der Waals surface area contributed by atoms with Crippen LogP contribution in [0, 0.1) is 5.92 Å². The molecule has 1 unspecified atom stereocenters. The highest BCUT2D eigenvalue weighted by atomic mass is 16.2. The van der Waals surface area contributed by atoms with Crippen LogP contribution in [-0.4, -0.2) is 61.0 Å². The molecule has 0 bridgehead atoms. The number of rotatable bonds is 3. The number of likely N-dealkylation sites (tertiary alicyclic amines) is 1. The quantitative estimate of drug-likeness (QED) is 0.829. The first-order valence-corrected chi connectivity index (χ1v) is 8.05. The Bertz CT molecular complexity index is 309. The number of nitrogens with zero attached hydrogens (tertiary/aromatic N) is 2. The molecular formula is C15H27N3O. The second-order valence-electron chi connectivity index (χ2n) is 6.42. The standard InChI is InChI=1S/C15H27N3O/c19-15(11-13-3-1-2-4-13)18-8-5-14(12-18)17-9-6-16-7-10-17/h13-14,16H,1-12H2. The molecule has 2 heterocycles. The van der Waals surface area contributed by atoms with Crippen molar-refractivity contribution >= 4 is 5.91 Å². The van der Waals surface area contributed by atoms with E-state index in [2.05, 4.69) is 15.1 Å². The fraction of sp³-hybridized carbons (Fsp3) is 0.933. The van der Waals surface area contributed by atoms with Gasteiger partial charge in [-0.1, -0.05) is 12.8 Å². The molecule has 1 amide bonds. The van der Waals surface area contributed by atoms with Gasteiger partial charge in [0.05, 0.1) is 0 Å². The fourth-order valence-electron chi connectivity index (χ4n) is 3.90. The van der Waals surface area contributed by atoms with Gasteiger partial charge in [-0.25, -0.2) is 0 Å². The van der Waals surface area contributed by atoms with Crippen molar-refractivity contribution in [2.24, 2.45) is 5.92 Å². The molecule has 0 radical (unpaired) electrons. The van der Waals surface area contributed by atoms with E-state index in [1.807, 2.05) is 0 Å². The molecule has 3 rings (SSSR count). The van der Waals surface area contributed by atoms with Crippen LogP contribution in [-0.2, 0) is 4.79 Å². The van der Waals surface area contributed by atoms with Crippen molar-refractivity contribution in [1.29, 1.82) is 0 Å². The van der Waals surface area contributed by atoms with Gasteiger partial charge >= 0.3 is 0 Å². The maximum absolute atomic E-state index is 12.3. The lowest BCUT2D eigenvalue weighted by molar-refractivity contribution is -0.131. The molecule has 0 spiro atoms. The molecule has 19 heavy (non-hydrogen) atoms. The highest BCUT2D eigenvalue weighted by Crippen LogP contribution is 2.29. The largest absolute Gasteiger partial charge is 0.341 e. The summed E-state index contributed by atoms with van der Waals surface area (Å²) in [6, 6.07) is 0.620. The summed E-state index contributed by atoms with van der Waals surface area (Å²) < 4.78 is 0. The molecule has 108 valence electrons. The first-order valence-electron chi connectivity index (χ1n) is 8.05. The second kappa shape index (κ2) is 6.23. The van der Waals surface area contributed by atoms with Crippen LogP contribution in [0.25, 0.3) is 0 Å². The predicted molar refractivity (Wildman–Crippen MR) is 76.0 cm³/mol. The van der Waals surface area contributed by atoms with Crippen molar-refractivity contribution in [3.05, 3.63) is 0 Å². The van der Waals surface area contributed by atoms with Crippen LogP contribution in [0.1, 0.15) is 38.5 Å². The van der Waals surface area contributed by atoms with E-state index in [9.17, 15) is 4.79 Å². The molecule has 0 aromatic heterocycles. The van der Waals surface area contributed by atoms with Gasteiger partial charge in [-0.3, -0.25) is 9.69 Å². The van der Waals surface area contributed by atoms with Gasteiger partial charge in [0.1, 0.15) is 0 Å². The third-order valence-electron chi connectivity index (χ3n) is 5.12. The van der Waals surface area contributed by atoms with Crippen LogP contribution in [0.15, 0.2) is 0 Å². The molecule has 3 fully saturated rings. The average Bonchev–Trinajstić information content (AvgIpc) is 3.10. The first kappa shape index (κ1) is 13.4. The van der Waals surface area contributed by atoms with Crippen molar-refractivity contribution in [3.63, 3.8) is 0 Å². The Kier molecular flexibility index (Phi) is 4.38. The average molecular weight is 265 g/mol. The molecule has 4 heteroatoms. The van der Waals surface area contributed by atoms with Crippen molar-refractivity contribution in [3.8, 4) is 0 Å². The Morgan fingerprint density at radius 2 is 1.79 bits per heavy atom. The molecule has 1 aliphatic carbocycles. The van der Waals surface area contributed by atoms with E-state index in [1.54, 1.807) is 0 Å². The lowest BCUT2D eigenvalue weighted by Crippen LogP contribution is -2.49. The first-order chi connectivity index (χ1) is 9.33. The number of nitrogens with one attached hydrogen (secondary N) is 1. The van der Waals surface area contributed by atoms with E-state index in [4.69, 9.17) is 0 Å². The summed E-state index contributed by atoms with van der Waals surface area (Å²) in [7, 11) is 0. The minimum atomic E-state index is 0.421. The van der Waals surface area contributed by atoms with Gasteiger partial charge in [0.25, 0.3) is 0 Å². The van der Waals surface area contributed by atoms with Gasteiger partial charge in [-0.05, 0) is 25.2 Å². The molecule has 2 saturated heterocycles. The summed E-state index contributed by atoms with van der Waals surface area (Å²) in [4.78, 5) is 17.0. The van der Waals surface area contributed by atoms with Crippen molar-refractivity contribution in [2.75, 3.05) is 39.3 Å². The molecule has 1 atom stereocenters. The van der Waals surface area contributed by atoms with Crippen LogP contribution in [0.5, 0.6) is 0 Å². The molecule has 4 nitrogen and oxygen atoms in total. The topological polar surface area (TPSA) is 35.6 Å². The molecule has 0 aromatic carbocycles. The summed E-state index contributed by atoms with van der Waals surface area (Å²) in [5, 5.41) is 3.40. The summed E-state index contributed by atoms with van der Waals surface area (Å²) >= 11 is 0. The lowest BCUT2D eigenvalue weighted by Gasteiger charge is -2.32. The maximum atomic E-state index is 12.3. The van der Waals surface area contributed by atoms with Gasteiger partial charge < -0.3 is 10.2 Å². The predicted octanol–water partition coefficient (Wildman–Crippen LogP) is 1.07. The second-order valence-corrected chi connectivity index (χ2v) is 6.42. The monoisotopic (exact) mass is 265 g/mol. The van der Waals surface area contributed by atoms with Crippen molar-refractivity contribution in [2.45, 2.75) is 44.6 Å². The third-order valence-corrected chi connectivity index (χ3v) is 5.12. The summed E-state index contributed by atoms with van der Waals surface area (Å²) in [6.07, 6.45) is 7.22. The zero-order valence-electron chi connectivity index (χ0n) is 11.9. The van der Waals surface area contributed by atoms with Crippen molar-refractivity contribution < 1.29 is 4.79 Å². The molecule has 3 aliphatic rings. The van der Waals surface area contributed by atoms with Crippen LogP contribution in [0.4, 0.5) is 0 Å². The number of piperazine rings is 1. The van der Waals surface area contributed by atoms with Gasteiger partial charge in [-0.2, -0.15) is 0 Å². The maximum Gasteiger partial charge on any atom is 0.222 e. The fourth-order valence-corrected chi connectivity index (χ4v) is 3.90. The van der Waals surface area contributed by atoms with E-state index in [1.165, 1.54) is 32.1 Å². The number of amides is 1. The summed E-state index contributed by atoms with van der Waals surface area (Å²) in [6.45, 7) is 6.47. The Labute approximate surface area is 116 Å². The van der Waals surface area contributed by atoms with Gasteiger partial charge in [0.15, 0.2) is 0 Å². The molecule has 1 saturated carbocycles. The smallest absolute Gasteiger partial charge is 0.222 e. The summed E-state index contributed by atoms with van der Waals surface area (Å²) in [5.74, 6) is 1.11. The number of hydrogen-bond donors (Lipinski definition) is 1. The normalized spacial score (nSPS) is 30.1. The number of carbonyl (C=O) groups is 1. The highest BCUT2D eigenvalue weighted by Gasteiger charge is 2.31. The van der Waals surface area contributed by atoms with E-state index in [-0.39, 0.29) is 0 Å². The molecule has 0 aromatic rings. The van der Waals surface area contributed by atoms with Crippen LogP contribution in [0.2, 0.25) is 0 Å². The van der Waals surface area contributed by atoms with Crippen LogP contribution >= 0.6 is 0 Å². The Balaban J connectivity index is 1.46. The molecule has 1 N–H and O–H groups in total. The van der Waals surface area contributed by atoms with Gasteiger partial charge in [0, 0.05) is 51.7 Å². The molecular weight excluding hydrogens is 238 g/mol. The van der Waals surface area contributed by atoms with E-state index in [0.717, 1.165) is 45.7 Å². The Morgan fingerprint density at radius 1 is 1.05 bits per heavy atom. The Morgan fingerprint density at radius 3 is 2.53 bits per heavy atom. The van der Waals surface area contributed by atoms with Crippen molar-refractivity contribution in [1.82, 2.24) is 15.1 Å².